The Balaban J connectivity index is 1.76. The van der Waals surface area contributed by atoms with E-state index in [1.807, 2.05) is 0 Å². The summed E-state index contributed by atoms with van der Waals surface area (Å²) in [6, 6.07) is 1.12. The lowest BCUT2D eigenvalue weighted by Gasteiger charge is -2.26. The average Bonchev–Trinajstić information content (AvgIpc) is 2.92. The van der Waals surface area contributed by atoms with Crippen LogP contribution in [0.25, 0.3) is 0 Å². The Morgan fingerprint density at radius 2 is 2.13 bits per heavy atom. The lowest BCUT2D eigenvalue weighted by Crippen LogP contribution is -2.44. The van der Waals surface area contributed by atoms with E-state index in [9.17, 15) is 0 Å². The maximum atomic E-state index is 5.42. The summed E-state index contributed by atoms with van der Waals surface area (Å²) in [5.74, 6) is 1.55. The van der Waals surface area contributed by atoms with Gasteiger partial charge in [0.25, 0.3) is 0 Å². The summed E-state index contributed by atoms with van der Waals surface area (Å²) in [4.78, 5) is 0. The standard InChI is InChI=1S/C12H23NO2/c1-9(11-5-6-15-7-11)13-12(8-14-2)10-3-4-10/h9-13H,3-8H2,1-2H3. The first-order valence-electron chi connectivity index (χ1n) is 6.14. The van der Waals surface area contributed by atoms with E-state index >= 15 is 0 Å². The van der Waals surface area contributed by atoms with Crippen LogP contribution in [-0.4, -0.2) is 39.0 Å². The van der Waals surface area contributed by atoms with Gasteiger partial charge >= 0.3 is 0 Å². The third kappa shape index (κ3) is 3.16. The smallest absolute Gasteiger partial charge is 0.0618 e. The molecule has 1 aliphatic carbocycles. The molecule has 0 bridgehead atoms. The first-order chi connectivity index (χ1) is 7.31. The van der Waals surface area contributed by atoms with Crippen molar-refractivity contribution in [3.8, 4) is 0 Å². The van der Waals surface area contributed by atoms with Crippen LogP contribution in [0.5, 0.6) is 0 Å². The fraction of sp³-hybridized carbons (Fsp3) is 1.00. The quantitative estimate of drug-likeness (QED) is 0.724. The first kappa shape index (κ1) is 11.4. The van der Waals surface area contributed by atoms with Crippen LogP contribution in [0.15, 0.2) is 0 Å². The lowest BCUT2D eigenvalue weighted by atomic mass is 9.99. The van der Waals surface area contributed by atoms with E-state index in [2.05, 4.69) is 12.2 Å². The average molecular weight is 213 g/mol. The van der Waals surface area contributed by atoms with Gasteiger partial charge in [-0.3, -0.25) is 0 Å². The lowest BCUT2D eigenvalue weighted by molar-refractivity contribution is 0.139. The van der Waals surface area contributed by atoms with Gasteiger partial charge in [-0.15, -0.1) is 0 Å². The minimum absolute atomic E-state index is 0.561. The van der Waals surface area contributed by atoms with Gasteiger partial charge in [0.15, 0.2) is 0 Å². The van der Waals surface area contributed by atoms with Crippen LogP contribution in [0.4, 0.5) is 0 Å². The Bertz CT molecular complexity index is 188. The molecule has 0 radical (unpaired) electrons. The highest BCUT2D eigenvalue weighted by atomic mass is 16.5. The molecule has 0 aromatic heterocycles. The Labute approximate surface area is 92.5 Å². The predicted molar refractivity (Wildman–Crippen MR) is 59.9 cm³/mol. The molecule has 15 heavy (non-hydrogen) atoms. The van der Waals surface area contributed by atoms with E-state index in [4.69, 9.17) is 9.47 Å². The zero-order valence-electron chi connectivity index (χ0n) is 9.87. The van der Waals surface area contributed by atoms with E-state index in [-0.39, 0.29) is 0 Å². The van der Waals surface area contributed by atoms with Gasteiger partial charge < -0.3 is 14.8 Å². The first-order valence-corrected chi connectivity index (χ1v) is 6.14. The minimum atomic E-state index is 0.561. The van der Waals surface area contributed by atoms with Gasteiger partial charge in [-0.25, -0.2) is 0 Å². The van der Waals surface area contributed by atoms with Crippen LogP contribution in [0.3, 0.4) is 0 Å². The monoisotopic (exact) mass is 213 g/mol. The molecule has 3 nitrogen and oxygen atoms in total. The second kappa shape index (κ2) is 5.28. The van der Waals surface area contributed by atoms with Crippen LogP contribution in [0.1, 0.15) is 26.2 Å². The minimum Gasteiger partial charge on any atom is -0.383 e. The number of ether oxygens (including phenoxy) is 2. The molecule has 0 spiro atoms. The Kier molecular flexibility index (Phi) is 4.00. The van der Waals surface area contributed by atoms with Gasteiger partial charge in [-0.1, -0.05) is 0 Å². The van der Waals surface area contributed by atoms with Crippen molar-refractivity contribution in [3.05, 3.63) is 0 Å². The largest absolute Gasteiger partial charge is 0.383 e. The summed E-state index contributed by atoms with van der Waals surface area (Å²) in [5, 5.41) is 3.72. The number of hydrogen-bond donors (Lipinski definition) is 1. The van der Waals surface area contributed by atoms with Gasteiger partial charge in [-0.2, -0.15) is 0 Å². The molecule has 1 heterocycles. The molecule has 2 fully saturated rings. The molecule has 2 aliphatic rings. The van der Waals surface area contributed by atoms with Gasteiger partial charge in [0.05, 0.1) is 13.2 Å². The van der Waals surface area contributed by atoms with Crippen molar-refractivity contribution < 1.29 is 9.47 Å². The van der Waals surface area contributed by atoms with Gasteiger partial charge in [0.2, 0.25) is 0 Å². The molecule has 3 unspecified atom stereocenters. The molecule has 3 heteroatoms. The third-order valence-electron chi connectivity index (χ3n) is 3.69. The number of nitrogens with one attached hydrogen (secondary N) is 1. The van der Waals surface area contributed by atoms with Crippen molar-refractivity contribution >= 4 is 0 Å². The van der Waals surface area contributed by atoms with E-state index < -0.39 is 0 Å². The molecule has 3 atom stereocenters. The van der Waals surface area contributed by atoms with Crippen molar-refractivity contribution in [2.24, 2.45) is 11.8 Å². The van der Waals surface area contributed by atoms with Crippen LogP contribution >= 0.6 is 0 Å². The normalized spacial score (nSPS) is 30.4. The molecular formula is C12H23NO2. The zero-order valence-corrected chi connectivity index (χ0v) is 9.87. The number of hydrogen-bond acceptors (Lipinski definition) is 3. The van der Waals surface area contributed by atoms with E-state index in [1.54, 1.807) is 7.11 Å². The Morgan fingerprint density at radius 1 is 1.33 bits per heavy atom. The molecule has 1 aliphatic heterocycles. The molecule has 2 rings (SSSR count). The van der Waals surface area contributed by atoms with Crippen molar-refractivity contribution in [2.75, 3.05) is 26.9 Å². The van der Waals surface area contributed by atoms with E-state index in [0.717, 1.165) is 25.7 Å². The molecule has 0 aromatic rings. The van der Waals surface area contributed by atoms with Crippen LogP contribution in [0.2, 0.25) is 0 Å². The van der Waals surface area contributed by atoms with E-state index in [1.165, 1.54) is 19.3 Å². The SMILES string of the molecule is COCC(NC(C)C1CCOC1)C1CC1. The highest BCUT2D eigenvalue weighted by molar-refractivity contribution is 4.89. The van der Waals surface area contributed by atoms with Crippen molar-refractivity contribution in [1.82, 2.24) is 5.32 Å². The Morgan fingerprint density at radius 3 is 2.67 bits per heavy atom. The van der Waals surface area contributed by atoms with Crippen molar-refractivity contribution in [1.29, 1.82) is 0 Å². The number of rotatable bonds is 6. The second-order valence-electron chi connectivity index (χ2n) is 4.98. The topological polar surface area (TPSA) is 30.5 Å². The van der Waals surface area contributed by atoms with Gasteiger partial charge in [-0.05, 0) is 38.0 Å². The summed E-state index contributed by atoms with van der Waals surface area (Å²) in [6.45, 7) is 5.00. The highest BCUT2D eigenvalue weighted by Gasteiger charge is 2.33. The third-order valence-corrected chi connectivity index (χ3v) is 3.69. The zero-order chi connectivity index (χ0) is 10.7. The van der Waals surface area contributed by atoms with Crippen LogP contribution in [-0.2, 0) is 9.47 Å². The van der Waals surface area contributed by atoms with Gasteiger partial charge in [0, 0.05) is 25.8 Å². The predicted octanol–water partition coefficient (Wildman–Crippen LogP) is 1.43. The second-order valence-corrected chi connectivity index (χ2v) is 4.98. The summed E-state index contributed by atoms with van der Waals surface area (Å²) in [7, 11) is 1.79. The van der Waals surface area contributed by atoms with Crippen molar-refractivity contribution in [3.63, 3.8) is 0 Å². The summed E-state index contributed by atoms with van der Waals surface area (Å²) in [5.41, 5.74) is 0. The molecular weight excluding hydrogens is 190 g/mol. The Hall–Kier alpha value is -0.120. The molecule has 0 aromatic carbocycles. The summed E-state index contributed by atoms with van der Waals surface area (Å²) >= 11 is 0. The van der Waals surface area contributed by atoms with Gasteiger partial charge in [0.1, 0.15) is 0 Å². The fourth-order valence-electron chi connectivity index (χ4n) is 2.42. The maximum Gasteiger partial charge on any atom is 0.0618 e. The number of methoxy groups -OCH3 is 1. The maximum absolute atomic E-state index is 5.42. The van der Waals surface area contributed by atoms with E-state index in [0.29, 0.717) is 18.0 Å². The van der Waals surface area contributed by atoms with Crippen LogP contribution in [0, 0.1) is 11.8 Å². The molecule has 1 saturated heterocycles. The summed E-state index contributed by atoms with van der Waals surface area (Å²) < 4.78 is 10.7. The molecule has 1 saturated carbocycles. The van der Waals surface area contributed by atoms with Crippen LogP contribution < -0.4 is 5.32 Å². The fourth-order valence-corrected chi connectivity index (χ4v) is 2.42. The highest BCUT2D eigenvalue weighted by Crippen LogP contribution is 2.33. The molecule has 0 amide bonds. The van der Waals surface area contributed by atoms with Crippen molar-refractivity contribution in [2.45, 2.75) is 38.3 Å². The molecule has 1 N–H and O–H groups in total. The summed E-state index contributed by atoms with van der Waals surface area (Å²) in [6.07, 6.45) is 3.95. The molecule has 88 valence electrons.